The second kappa shape index (κ2) is 5.14. The molecule has 0 heterocycles. The van der Waals surface area contributed by atoms with Gasteiger partial charge in [0, 0.05) is 6.04 Å². The van der Waals surface area contributed by atoms with E-state index in [1.54, 1.807) is 6.92 Å². The van der Waals surface area contributed by atoms with E-state index in [2.05, 4.69) is 13.8 Å². The quantitative estimate of drug-likeness (QED) is 0.661. The van der Waals surface area contributed by atoms with Gasteiger partial charge < -0.3 is 10.8 Å². The van der Waals surface area contributed by atoms with Gasteiger partial charge in [-0.05, 0) is 18.8 Å². The second-order valence-electron chi connectivity index (χ2n) is 3.72. The predicted octanol–water partition coefficient (Wildman–Crippen LogP) is 1.47. The van der Waals surface area contributed by atoms with E-state index in [-0.39, 0.29) is 12.0 Å². The van der Waals surface area contributed by atoms with Crippen LogP contribution in [0.25, 0.3) is 0 Å². The fourth-order valence-corrected chi connectivity index (χ4v) is 0.899. The van der Waals surface area contributed by atoms with Crippen LogP contribution in [0.5, 0.6) is 0 Å². The summed E-state index contributed by atoms with van der Waals surface area (Å²) < 4.78 is 0. The fraction of sp³-hybridized carbons (Fsp3) is 0.889. The molecule has 0 fully saturated rings. The molecule has 0 aliphatic rings. The standard InChI is InChI=1S/C9H19NO2/c1-6(2)8(10)5-4-7(3)9(11)12/h6-8H,4-5,10H2,1-3H3,(H,11,12)/t7-,8?/m1/s1. The molecule has 0 bridgehead atoms. The van der Waals surface area contributed by atoms with Crippen molar-refractivity contribution in [1.29, 1.82) is 0 Å². The first-order valence-corrected chi connectivity index (χ1v) is 4.43. The van der Waals surface area contributed by atoms with Gasteiger partial charge >= 0.3 is 5.97 Å². The van der Waals surface area contributed by atoms with Gasteiger partial charge in [0.25, 0.3) is 0 Å². The first-order valence-electron chi connectivity index (χ1n) is 4.43. The van der Waals surface area contributed by atoms with Crippen molar-refractivity contribution in [2.75, 3.05) is 0 Å². The van der Waals surface area contributed by atoms with E-state index in [9.17, 15) is 4.79 Å². The molecule has 0 spiro atoms. The average Bonchev–Trinajstić information content (AvgIpc) is 1.98. The molecule has 0 amide bonds. The monoisotopic (exact) mass is 173 g/mol. The third kappa shape index (κ3) is 4.34. The Kier molecular flexibility index (Phi) is 4.90. The molecular formula is C9H19NO2. The Morgan fingerprint density at radius 1 is 1.33 bits per heavy atom. The number of carbonyl (C=O) groups is 1. The number of rotatable bonds is 5. The number of aliphatic carboxylic acids is 1. The molecule has 0 rings (SSSR count). The molecule has 3 heteroatoms. The molecule has 0 aromatic carbocycles. The molecule has 0 aliphatic heterocycles. The van der Waals surface area contributed by atoms with E-state index in [1.807, 2.05) is 0 Å². The molecule has 0 aromatic heterocycles. The molecule has 0 aliphatic carbocycles. The summed E-state index contributed by atoms with van der Waals surface area (Å²) in [5.41, 5.74) is 5.77. The summed E-state index contributed by atoms with van der Waals surface area (Å²) >= 11 is 0. The van der Waals surface area contributed by atoms with Gasteiger partial charge in [-0.3, -0.25) is 4.79 Å². The minimum Gasteiger partial charge on any atom is -0.481 e. The first kappa shape index (κ1) is 11.4. The van der Waals surface area contributed by atoms with Crippen molar-refractivity contribution in [3.05, 3.63) is 0 Å². The van der Waals surface area contributed by atoms with E-state index in [0.717, 1.165) is 6.42 Å². The average molecular weight is 173 g/mol. The van der Waals surface area contributed by atoms with Crippen LogP contribution in [0.3, 0.4) is 0 Å². The van der Waals surface area contributed by atoms with Crippen LogP contribution in [-0.2, 0) is 4.79 Å². The number of hydrogen-bond acceptors (Lipinski definition) is 2. The lowest BCUT2D eigenvalue weighted by Crippen LogP contribution is -2.27. The zero-order valence-corrected chi connectivity index (χ0v) is 8.08. The Bertz CT molecular complexity index is 145. The van der Waals surface area contributed by atoms with Crippen LogP contribution in [0, 0.1) is 11.8 Å². The van der Waals surface area contributed by atoms with Crippen molar-refractivity contribution in [3.63, 3.8) is 0 Å². The maximum atomic E-state index is 10.4. The highest BCUT2D eigenvalue weighted by molar-refractivity contribution is 5.69. The van der Waals surface area contributed by atoms with Crippen LogP contribution in [0.2, 0.25) is 0 Å². The van der Waals surface area contributed by atoms with Crippen molar-refractivity contribution >= 4 is 5.97 Å². The molecule has 0 saturated carbocycles. The highest BCUT2D eigenvalue weighted by Crippen LogP contribution is 2.11. The fourth-order valence-electron chi connectivity index (χ4n) is 0.899. The summed E-state index contributed by atoms with van der Waals surface area (Å²) in [6, 6.07) is 0.131. The molecule has 3 N–H and O–H groups in total. The summed E-state index contributed by atoms with van der Waals surface area (Å²) in [4.78, 5) is 10.4. The maximum absolute atomic E-state index is 10.4. The smallest absolute Gasteiger partial charge is 0.306 e. The normalized spacial score (nSPS) is 16.1. The van der Waals surface area contributed by atoms with Crippen molar-refractivity contribution in [2.24, 2.45) is 17.6 Å². The van der Waals surface area contributed by atoms with Gasteiger partial charge in [-0.25, -0.2) is 0 Å². The van der Waals surface area contributed by atoms with Crippen LogP contribution in [-0.4, -0.2) is 17.1 Å². The van der Waals surface area contributed by atoms with Gasteiger partial charge in [-0.1, -0.05) is 20.8 Å². The highest BCUT2D eigenvalue weighted by atomic mass is 16.4. The molecule has 0 aromatic rings. The van der Waals surface area contributed by atoms with E-state index < -0.39 is 5.97 Å². The molecule has 0 saturated heterocycles. The summed E-state index contributed by atoms with van der Waals surface area (Å²) in [7, 11) is 0. The molecule has 2 atom stereocenters. The number of hydrogen-bond donors (Lipinski definition) is 2. The highest BCUT2D eigenvalue weighted by Gasteiger charge is 2.14. The number of nitrogens with two attached hydrogens (primary N) is 1. The van der Waals surface area contributed by atoms with Crippen LogP contribution >= 0.6 is 0 Å². The van der Waals surface area contributed by atoms with Crippen LogP contribution < -0.4 is 5.73 Å². The van der Waals surface area contributed by atoms with Gasteiger partial charge in [0.05, 0.1) is 5.92 Å². The molecule has 1 unspecified atom stereocenters. The van der Waals surface area contributed by atoms with Crippen LogP contribution in [0.4, 0.5) is 0 Å². The summed E-state index contributed by atoms with van der Waals surface area (Å²) in [6.45, 7) is 5.82. The first-order chi connectivity index (χ1) is 5.45. The molecule has 0 radical (unpaired) electrons. The predicted molar refractivity (Wildman–Crippen MR) is 48.8 cm³/mol. The Morgan fingerprint density at radius 2 is 1.83 bits per heavy atom. The summed E-state index contributed by atoms with van der Waals surface area (Å²) in [5.74, 6) is -0.563. The maximum Gasteiger partial charge on any atom is 0.306 e. The van der Waals surface area contributed by atoms with E-state index in [4.69, 9.17) is 10.8 Å². The lowest BCUT2D eigenvalue weighted by Gasteiger charge is -2.16. The Balaban J connectivity index is 3.61. The van der Waals surface area contributed by atoms with Crippen molar-refractivity contribution < 1.29 is 9.90 Å². The van der Waals surface area contributed by atoms with Crippen LogP contribution in [0.15, 0.2) is 0 Å². The van der Waals surface area contributed by atoms with Gasteiger partial charge in [-0.15, -0.1) is 0 Å². The largest absolute Gasteiger partial charge is 0.481 e. The number of carboxylic acid groups (broad SMARTS) is 1. The Labute approximate surface area is 74.0 Å². The minimum absolute atomic E-state index is 0.131. The SMILES string of the molecule is CC(C)C(N)CC[C@@H](C)C(=O)O. The zero-order valence-electron chi connectivity index (χ0n) is 8.08. The van der Waals surface area contributed by atoms with Gasteiger partial charge in [0.15, 0.2) is 0 Å². The van der Waals surface area contributed by atoms with Crippen molar-refractivity contribution in [3.8, 4) is 0 Å². The van der Waals surface area contributed by atoms with Gasteiger partial charge in [0.2, 0.25) is 0 Å². The third-order valence-corrected chi connectivity index (χ3v) is 2.21. The molecule has 72 valence electrons. The number of carboxylic acids is 1. The topological polar surface area (TPSA) is 63.3 Å². The Hall–Kier alpha value is -0.570. The lowest BCUT2D eigenvalue weighted by molar-refractivity contribution is -0.141. The summed E-state index contributed by atoms with van der Waals surface area (Å²) in [5, 5.41) is 8.59. The zero-order chi connectivity index (χ0) is 9.72. The second-order valence-corrected chi connectivity index (χ2v) is 3.72. The Morgan fingerprint density at radius 3 is 2.17 bits per heavy atom. The third-order valence-electron chi connectivity index (χ3n) is 2.21. The molecular weight excluding hydrogens is 154 g/mol. The van der Waals surface area contributed by atoms with Crippen molar-refractivity contribution in [2.45, 2.75) is 39.7 Å². The molecule has 12 heavy (non-hydrogen) atoms. The molecule has 3 nitrogen and oxygen atoms in total. The van der Waals surface area contributed by atoms with E-state index in [1.165, 1.54) is 0 Å². The van der Waals surface area contributed by atoms with E-state index in [0.29, 0.717) is 12.3 Å². The summed E-state index contributed by atoms with van der Waals surface area (Å²) in [6.07, 6.45) is 1.47. The van der Waals surface area contributed by atoms with E-state index >= 15 is 0 Å². The van der Waals surface area contributed by atoms with Crippen molar-refractivity contribution in [1.82, 2.24) is 0 Å². The van der Waals surface area contributed by atoms with Gasteiger partial charge in [-0.2, -0.15) is 0 Å². The van der Waals surface area contributed by atoms with Crippen LogP contribution in [0.1, 0.15) is 33.6 Å². The lowest BCUT2D eigenvalue weighted by atomic mass is 9.96. The van der Waals surface area contributed by atoms with Gasteiger partial charge in [0.1, 0.15) is 0 Å². The minimum atomic E-state index is -0.731.